The van der Waals surface area contributed by atoms with Crippen LogP contribution in [0.4, 0.5) is 10.9 Å². The van der Waals surface area contributed by atoms with E-state index in [0.29, 0.717) is 37.8 Å². The van der Waals surface area contributed by atoms with Gasteiger partial charge in [0.25, 0.3) is 10.0 Å². The first-order chi connectivity index (χ1) is 11.4. The molecule has 10 nitrogen and oxygen atoms in total. The van der Waals surface area contributed by atoms with Crippen molar-refractivity contribution in [2.75, 3.05) is 36.4 Å². The molecule has 0 aromatic carbocycles. The Labute approximate surface area is 142 Å². The zero-order chi connectivity index (χ0) is 17.3. The Kier molecular flexibility index (Phi) is 4.51. The number of aryl methyl sites for hydroxylation is 1. The van der Waals surface area contributed by atoms with Crippen LogP contribution in [0, 0.1) is 6.92 Å². The topological polar surface area (TPSA) is 122 Å². The van der Waals surface area contributed by atoms with Gasteiger partial charge in [0.05, 0.1) is 0 Å². The molecule has 0 unspecified atom stereocenters. The standard InChI is InChI=1S/C12H16N6O4S2/c1-8-7-10(16-22-8)17-3-5-18(6-4-17)24(20,21)12-15-14-11(23-12)13-9(2)19/h7H,3-6H2,1-2H3,(H,13,14,19). The van der Waals surface area contributed by atoms with Crippen molar-refractivity contribution in [2.24, 2.45) is 0 Å². The van der Waals surface area contributed by atoms with Crippen LogP contribution in [-0.4, -0.2) is 60.2 Å². The average Bonchev–Trinajstić information content (AvgIpc) is 3.16. The summed E-state index contributed by atoms with van der Waals surface area (Å²) in [6.07, 6.45) is 0. The van der Waals surface area contributed by atoms with Crippen molar-refractivity contribution in [1.82, 2.24) is 19.7 Å². The number of hydrogen-bond acceptors (Lipinski definition) is 9. The minimum absolute atomic E-state index is 0.128. The largest absolute Gasteiger partial charge is 0.360 e. The molecule has 2 aromatic rings. The highest BCUT2D eigenvalue weighted by molar-refractivity contribution is 7.91. The first-order valence-corrected chi connectivity index (χ1v) is 9.41. The third-order valence-electron chi connectivity index (χ3n) is 3.43. The second-order valence-corrected chi connectivity index (χ2v) is 8.33. The minimum atomic E-state index is -3.72. The highest BCUT2D eigenvalue weighted by Crippen LogP contribution is 2.25. The van der Waals surface area contributed by atoms with E-state index in [4.69, 9.17) is 4.52 Å². The van der Waals surface area contributed by atoms with Crippen molar-refractivity contribution >= 4 is 38.2 Å². The molecule has 1 fully saturated rings. The molecule has 2 aromatic heterocycles. The van der Waals surface area contributed by atoms with Gasteiger partial charge in [-0.25, -0.2) is 8.42 Å². The quantitative estimate of drug-likeness (QED) is 0.761. The molecule has 1 amide bonds. The van der Waals surface area contributed by atoms with Crippen LogP contribution in [0.3, 0.4) is 0 Å². The Morgan fingerprint density at radius 1 is 1.29 bits per heavy atom. The second-order valence-electron chi connectivity index (χ2n) is 5.24. The van der Waals surface area contributed by atoms with Crippen molar-refractivity contribution < 1.29 is 17.7 Å². The molecule has 3 rings (SSSR count). The van der Waals surface area contributed by atoms with Gasteiger partial charge in [0.15, 0.2) is 5.82 Å². The molecular formula is C12H16N6O4S2. The predicted molar refractivity (Wildman–Crippen MR) is 86.4 cm³/mol. The average molecular weight is 372 g/mol. The summed E-state index contributed by atoms with van der Waals surface area (Å²) in [7, 11) is -3.72. The molecule has 0 saturated carbocycles. The monoisotopic (exact) mass is 372 g/mol. The summed E-state index contributed by atoms with van der Waals surface area (Å²) >= 11 is 0.838. The molecular weight excluding hydrogens is 356 g/mol. The van der Waals surface area contributed by atoms with E-state index in [2.05, 4.69) is 20.7 Å². The summed E-state index contributed by atoms with van der Waals surface area (Å²) in [4.78, 5) is 13.0. The third-order valence-corrected chi connectivity index (χ3v) is 6.51. The lowest BCUT2D eigenvalue weighted by Gasteiger charge is -2.33. The molecule has 130 valence electrons. The van der Waals surface area contributed by atoms with Gasteiger partial charge >= 0.3 is 0 Å². The van der Waals surface area contributed by atoms with Crippen LogP contribution in [-0.2, 0) is 14.8 Å². The molecule has 1 aliphatic heterocycles. The summed E-state index contributed by atoms with van der Waals surface area (Å²) in [5.74, 6) is 1.08. The van der Waals surface area contributed by atoms with Gasteiger partial charge in [-0.3, -0.25) is 4.79 Å². The Bertz CT molecular complexity index is 837. The highest BCUT2D eigenvalue weighted by Gasteiger charge is 2.32. The summed E-state index contributed by atoms with van der Waals surface area (Å²) < 4.78 is 31.5. The van der Waals surface area contributed by atoms with Crippen LogP contribution in [0.1, 0.15) is 12.7 Å². The minimum Gasteiger partial charge on any atom is -0.360 e. The summed E-state index contributed by atoms with van der Waals surface area (Å²) in [5.41, 5.74) is 0. The van der Waals surface area contributed by atoms with Gasteiger partial charge in [-0.2, -0.15) is 4.31 Å². The second kappa shape index (κ2) is 6.45. The number of nitrogens with one attached hydrogen (secondary N) is 1. The van der Waals surface area contributed by atoms with Gasteiger partial charge in [-0.05, 0) is 6.92 Å². The number of anilines is 2. The van der Waals surface area contributed by atoms with E-state index in [1.165, 1.54) is 11.2 Å². The number of amides is 1. The predicted octanol–water partition coefficient (Wildman–Crippen LogP) is 0.304. The van der Waals surface area contributed by atoms with Crippen LogP contribution in [0.15, 0.2) is 14.9 Å². The van der Waals surface area contributed by atoms with E-state index >= 15 is 0 Å². The van der Waals surface area contributed by atoms with Crippen LogP contribution >= 0.6 is 11.3 Å². The van der Waals surface area contributed by atoms with E-state index in [1.54, 1.807) is 6.92 Å². The third kappa shape index (κ3) is 3.39. The number of sulfonamides is 1. The van der Waals surface area contributed by atoms with Gasteiger partial charge in [-0.1, -0.05) is 16.5 Å². The maximum absolute atomic E-state index is 12.6. The van der Waals surface area contributed by atoms with E-state index in [-0.39, 0.29) is 15.4 Å². The lowest BCUT2D eigenvalue weighted by atomic mass is 10.3. The lowest BCUT2D eigenvalue weighted by molar-refractivity contribution is -0.114. The van der Waals surface area contributed by atoms with Crippen molar-refractivity contribution in [2.45, 2.75) is 18.2 Å². The van der Waals surface area contributed by atoms with Crippen molar-refractivity contribution in [3.8, 4) is 0 Å². The molecule has 0 radical (unpaired) electrons. The Morgan fingerprint density at radius 3 is 2.58 bits per heavy atom. The van der Waals surface area contributed by atoms with Crippen molar-refractivity contribution in [1.29, 1.82) is 0 Å². The highest BCUT2D eigenvalue weighted by atomic mass is 32.2. The Balaban J connectivity index is 1.68. The summed E-state index contributed by atoms with van der Waals surface area (Å²) in [5, 5.41) is 13.9. The first-order valence-electron chi connectivity index (χ1n) is 7.16. The van der Waals surface area contributed by atoms with Gasteiger partial charge in [0.1, 0.15) is 5.76 Å². The lowest BCUT2D eigenvalue weighted by Crippen LogP contribution is -2.48. The summed E-state index contributed by atoms with van der Waals surface area (Å²) in [6.45, 7) is 4.75. The Morgan fingerprint density at radius 2 is 2.00 bits per heavy atom. The zero-order valence-electron chi connectivity index (χ0n) is 13.1. The molecule has 0 spiro atoms. The smallest absolute Gasteiger partial charge is 0.272 e. The van der Waals surface area contributed by atoms with E-state index < -0.39 is 10.0 Å². The van der Waals surface area contributed by atoms with Crippen LogP contribution in [0.2, 0.25) is 0 Å². The van der Waals surface area contributed by atoms with Crippen LogP contribution in [0.25, 0.3) is 0 Å². The maximum Gasteiger partial charge on any atom is 0.272 e. The number of piperazine rings is 1. The normalized spacial score (nSPS) is 16.3. The van der Waals surface area contributed by atoms with Gasteiger partial charge < -0.3 is 14.7 Å². The number of hydrogen-bond donors (Lipinski definition) is 1. The maximum atomic E-state index is 12.6. The van der Waals surface area contributed by atoms with E-state index in [0.717, 1.165) is 11.3 Å². The Hall–Kier alpha value is -2.05. The van der Waals surface area contributed by atoms with E-state index in [9.17, 15) is 13.2 Å². The number of aromatic nitrogens is 3. The first kappa shape index (κ1) is 16.8. The van der Waals surface area contributed by atoms with Crippen molar-refractivity contribution in [3.63, 3.8) is 0 Å². The fourth-order valence-electron chi connectivity index (χ4n) is 2.29. The molecule has 1 N–H and O–H groups in total. The van der Waals surface area contributed by atoms with Crippen molar-refractivity contribution in [3.05, 3.63) is 11.8 Å². The summed E-state index contributed by atoms with van der Waals surface area (Å²) in [6, 6.07) is 1.81. The van der Waals surface area contributed by atoms with Gasteiger partial charge in [-0.15, -0.1) is 10.2 Å². The SMILES string of the molecule is CC(=O)Nc1nnc(S(=O)(=O)N2CCN(c3cc(C)on3)CC2)s1. The van der Waals surface area contributed by atoms with E-state index in [1.807, 2.05) is 11.0 Å². The molecule has 0 atom stereocenters. The number of carbonyl (C=O) groups is 1. The number of nitrogens with zero attached hydrogens (tertiary/aromatic N) is 5. The van der Waals surface area contributed by atoms with Crippen LogP contribution < -0.4 is 10.2 Å². The van der Waals surface area contributed by atoms with Gasteiger partial charge in [0, 0.05) is 39.2 Å². The molecule has 1 aliphatic rings. The zero-order valence-corrected chi connectivity index (χ0v) is 14.7. The number of rotatable bonds is 4. The number of carbonyl (C=O) groups excluding carboxylic acids is 1. The van der Waals surface area contributed by atoms with Gasteiger partial charge in [0.2, 0.25) is 15.4 Å². The fraction of sp³-hybridized carbons (Fsp3) is 0.500. The fourth-order valence-corrected chi connectivity index (χ4v) is 4.79. The van der Waals surface area contributed by atoms with Crippen LogP contribution in [0.5, 0.6) is 0 Å². The molecule has 3 heterocycles. The molecule has 12 heteroatoms. The molecule has 0 aliphatic carbocycles. The molecule has 1 saturated heterocycles. The molecule has 24 heavy (non-hydrogen) atoms. The molecule has 0 bridgehead atoms.